The first-order chi connectivity index (χ1) is 9.63. The third-order valence-electron chi connectivity index (χ3n) is 2.93. The van der Waals surface area contributed by atoms with Crippen LogP contribution in [0.5, 0.6) is 11.5 Å². The first-order valence-electron chi connectivity index (χ1n) is 6.32. The van der Waals surface area contributed by atoms with Gasteiger partial charge in [0, 0.05) is 11.3 Å². The largest absolute Gasteiger partial charge is 0.456 e. The number of nitrogen functional groups attached to an aromatic ring is 1. The molecule has 0 heterocycles. The van der Waals surface area contributed by atoms with Crippen LogP contribution in [0.3, 0.4) is 0 Å². The molecule has 3 nitrogen and oxygen atoms in total. The molecule has 0 amide bonds. The monoisotopic (exact) mass is 264 g/mol. The van der Waals surface area contributed by atoms with Gasteiger partial charge in [-0.25, -0.2) is 0 Å². The zero-order valence-corrected chi connectivity index (χ0v) is 11.4. The number of nitrogens with two attached hydrogens (primary N) is 1. The van der Waals surface area contributed by atoms with Crippen molar-refractivity contribution >= 4 is 5.69 Å². The van der Waals surface area contributed by atoms with Crippen molar-refractivity contribution in [2.24, 2.45) is 0 Å². The van der Waals surface area contributed by atoms with E-state index in [2.05, 4.69) is 12.6 Å². The molecule has 0 atom stereocenters. The quantitative estimate of drug-likeness (QED) is 0.671. The second kappa shape index (κ2) is 5.94. The number of nitrogens with zero attached hydrogens (tertiary/aromatic N) is 1. The Morgan fingerprint density at radius 1 is 1.25 bits per heavy atom. The predicted molar refractivity (Wildman–Crippen MR) is 80.7 cm³/mol. The van der Waals surface area contributed by atoms with Gasteiger partial charge in [0.1, 0.15) is 17.6 Å². The van der Waals surface area contributed by atoms with Gasteiger partial charge in [-0.05, 0) is 49.2 Å². The number of hydrogen-bond donors (Lipinski definition) is 1. The summed E-state index contributed by atoms with van der Waals surface area (Å²) < 4.78 is 5.89. The van der Waals surface area contributed by atoms with Crippen molar-refractivity contribution in [1.82, 2.24) is 0 Å². The van der Waals surface area contributed by atoms with Crippen LogP contribution in [-0.4, -0.2) is 0 Å². The van der Waals surface area contributed by atoms with Crippen LogP contribution in [0.15, 0.2) is 49.1 Å². The molecule has 0 radical (unpaired) electrons. The lowest BCUT2D eigenvalue weighted by Gasteiger charge is -2.12. The average molecular weight is 264 g/mol. The van der Waals surface area contributed by atoms with E-state index in [0.717, 1.165) is 11.1 Å². The summed E-state index contributed by atoms with van der Waals surface area (Å²) in [5.41, 5.74) is 8.97. The van der Waals surface area contributed by atoms with Crippen molar-refractivity contribution in [1.29, 1.82) is 5.26 Å². The van der Waals surface area contributed by atoms with Gasteiger partial charge in [-0.3, -0.25) is 0 Å². The third-order valence-corrected chi connectivity index (χ3v) is 2.93. The molecule has 0 aromatic heterocycles. The molecular weight excluding hydrogens is 248 g/mol. The van der Waals surface area contributed by atoms with Crippen molar-refractivity contribution in [3.63, 3.8) is 0 Å². The van der Waals surface area contributed by atoms with E-state index < -0.39 is 0 Å². The number of allylic oxidation sites excluding steroid dienone is 1. The molecular formula is C17H16N2O. The maximum absolute atomic E-state index is 9.14. The molecule has 3 heteroatoms. The lowest BCUT2D eigenvalue weighted by atomic mass is 10.1. The smallest absolute Gasteiger partial charge is 0.145 e. The minimum Gasteiger partial charge on any atom is -0.456 e. The zero-order chi connectivity index (χ0) is 14.5. The molecule has 0 aliphatic heterocycles. The highest BCUT2D eigenvalue weighted by molar-refractivity contribution is 5.52. The number of nitriles is 1. The summed E-state index contributed by atoms with van der Waals surface area (Å²) in [6.45, 7) is 5.69. The fourth-order valence-corrected chi connectivity index (χ4v) is 1.94. The number of benzene rings is 2. The number of rotatable bonds is 4. The van der Waals surface area contributed by atoms with Gasteiger partial charge in [-0.2, -0.15) is 5.26 Å². The highest BCUT2D eigenvalue weighted by Crippen LogP contribution is 2.30. The summed E-state index contributed by atoms with van der Waals surface area (Å²) in [4.78, 5) is 0. The Labute approximate surface area is 118 Å². The molecule has 0 fully saturated rings. The Kier molecular flexibility index (Phi) is 4.07. The molecule has 2 aromatic carbocycles. The summed E-state index contributed by atoms with van der Waals surface area (Å²) in [7, 11) is 0. The van der Waals surface area contributed by atoms with Crippen LogP contribution in [-0.2, 0) is 6.42 Å². The SMILES string of the molecule is C=CCc1cc(N)ccc1Oc1cc(C)ccc1C#N. The number of anilines is 1. The Morgan fingerprint density at radius 3 is 2.75 bits per heavy atom. The standard InChI is InChI=1S/C17H16N2O/c1-3-4-13-10-15(19)7-8-16(13)20-17-9-12(2)5-6-14(17)11-18/h3,5-10H,1,4,19H2,2H3. The zero-order valence-electron chi connectivity index (χ0n) is 11.4. The van der Waals surface area contributed by atoms with Gasteiger partial charge in [-0.1, -0.05) is 12.1 Å². The second-order valence-electron chi connectivity index (χ2n) is 4.57. The molecule has 0 unspecified atom stereocenters. The summed E-state index contributed by atoms with van der Waals surface area (Å²) >= 11 is 0. The van der Waals surface area contributed by atoms with E-state index in [9.17, 15) is 0 Å². The fourth-order valence-electron chi connectivity index (χ4n) is 1.94. The van der Waals surface area contributed by atoms with Gasteiger partial charge in [0.15, 0.2) is 0 Å². The average Bonchev–Trinajstić information content (AvgIpc) is 2.42. The molecule has 20 heavy (non-hydrogen) atoms. The highest BCUT2D eigenvalue weighted by atomic mass is 16.5. The van der Waals surface area contributed by atoms with E-state index >= 15 is 0 Å². The summed E-state index contributed by atoms with van der Waals surface area (Å²) in [6.07, 6.45) is 2.46. The van der Waals surface area contributed by atoms with Gasteiger partial charge in [0.05, 0.1) is 5.56 Å². The maximum Gasteiger partial charge on any atom is 0.145 e. The fraction of sp³-hybridized carbons (Fsp3) is 0.118. The second-order valence-corrected chi connectivity index (χ2v) is 4.57. The van der Waals surface area contributed by atoms with Gasteiger partial charge in [0.25, 0.3) is 0 Å². The van der Waals surface area contributed by atoms with Crippen LogP contribution < -0.4 is 10.5 Å². The van der Waals surface area contributed by atoms with Gasteiger partial charge in [0.2, 0.25) is 0 Å². The van der Waals surface area contributed by atoms with E-state index in [0.29, 0.717) is 29.2 Å². The minimum atomic E-state index is 0.511. The van der Waals surface area contributed by atoms with Crippen molar-refractivity contribution in [3.05, 3.63) is 65.7 Å². The predicted octanol–water partition coefficient (Wildman–Crippen LogP) is 3.97. The van der Waals surface area contributed by atoms with Crippen LogP contribution >= 0.6 is 0 Å². The van der Waals surface area contributed by atoms with E-state index in [1.807, 2.05) is 31.2 Å². The van der Waals surface area contributed by atoms with Gasteiger partial charge in [-0.15, -0.1) is 6.58 Å². The Bertz CT molecular complexity index is 684. The van der Waals surface area contributed by atoms with Crippen LogP contribution in [0.2, 0.25) is 0 Å². The van der Waals surface area contributed by atoms with E-state index in [4.69, 9.17) is 15.7 Å². The summed E-state index contributed by atoms with van der Waals surface area (Å²) in [5.74, 6) is 1.25. The van der Waals surface area contributed by atoms with Crippen LogP contribution in [0, 0.1) is 18.3 Å². The Morgan fingerprint density at radius 2 is 2.05 bits per heavy atom. The van der Waals surface area contributed by atoms with Gasteiger partial charge < -0.3 is 10.5 Å². The Balaban J connectivity index is 2.42. The molecule has 2 aromatic rings. The molecule has 2 rings (SSSR count). The van der Waals surface area contributed by atoms with Crippen LogP contribution in [0.4, 0.5) is 5.69 Å². The van der Waals surface area contributed by atoms with E-state index in [1.165, 1.54) is 0 Å². The van der Waals surface area contributed by atoms with Crippen molar-refractivity contribution < 1.29 is 4.74 Å². The molecule has 0 bridgehead atoms. The number of ether oxygens (including phenoxy) is 1. The minimum absolute atomic E-state index is 0.511. The van der Waals surface area contributed by atoms with Crippen molar-refractivity contribution in [2.45, 2.75) is 13.3 Å². The molecule has 0 saturated heterocycles. The lowest BCUT2D eigenvalue weighted by Crippen LogP contribution is -1.95. The first kappa shape index (κ1) is 13.7. The topological polar surface area (TPSA) is 59.0 Å². The van der Waals surface area contributed by atoms with Crippen LogP contribution in [0.25, 0.3) is 0 Å². The molecule has 2 N–H and O–H groups in total. The molecule has 0 aliphatic rings. The van der Waals surface area contributed by atoms with E-state index in [-0.39, 0.29) is 0 Å². The lowest BCUT2D eigenvalue weighted by molar-refractivity contribution is 0.476. The third kappa shape index (κ3) is 2.99. The Hall–Kier alpha value is -2.73. The maximum atomic E-state index is 9.14. The summed E-state index contributed by atoms with van der Waals surface area (Å²) in [5, 5.41) is 9.14. The van der Waals surface area contributed by atoms with Crippen LogP contribution in [0.1, 0.15) is 16.7 Å². The first-order valence-corrected chi connectivity index (χ1v) is 6.32. The molecule has 0 aliphatic carbocycles. The summed E-state index contributed by atoms with van der Waals surface area (Å²) in [6, 6.07) is 13.1. The normalized spacial score (nSPS) is 9.80. The van der Waals surface area contributed by atoms with E-state index in [1.54, 1.807) is 18.2 Å². The van der Waals surface area contributed by atoms with Crippen molar-refractivity contribution in [2.75, 3.05) is 5.73 Å². The number of hydrogen-bond acceptors (Lipinski definition) is 3. The highest BCUT2D eigenvalue weighted by Gasteiger charge is 2.08. The van der Waals surface area contributed by atoms with Crippen molar-refractivity contribution in [3.8, 4) is 17.6 Å². The molecule has 0 spiro atoms. The molecule has 0 saturated carbocycles. The molecule has 100 valence electrons. The number of aryl methyl sites for hydroxylation is 1. The van der Waals surface area contributed by atoms with Gasteiger partial charge >= 0.3 is 0 Å².